The number of hydrogen-bond acceptors (Lipinski definition) is 2. The molecule has 2 nitrogen and oxygen atoms in total. The lowest BCUT2D eigenvalue weighted by Crippen LogP contribution is -2.63. The monoisotopic (exact) mass is 416 g/mol. The summed E-state index contributed by atoms with van der Waals surface area (Å²) in [6, 6.07) is 10.7. The number of hydrogen-bond donors (Lipinski definition) is 0. The third kappa shape index (κ3) is 3.65. The average molecular weight is 416 g/mol. The fourth-order valence-electron chi connectivity index (χ4n) is 2.00. The zero-order valence-electron chi connectivity index (χ0n) is 13.4. The van der Waals surface area contributed by atoms with Crippen LogP contribution < -0.4 is 4.74 Å². The first kappa shape index (κ1) is 21.6. The lowest BCUT2D eigenvalue weighted by Gasteiger charge is -2.32. The number of alkyl halides is 9. The number of ketones is 1. The molecule has 2 aromatic rings. The van der Waals surface area contributed by atoms with Gasteiger partial charge in [-0.1, -0.05) is 18.2 Å². The highest BCUT2D eigenvalue weighted by molar-refractivity contribution is 6.02. The van der Waals surface area contributed by atoms with Crippen LogP contribution in [0.25, 0.3) is 0 Å². The van der Waals surface area contributed by atoms with Crippen molar-refractivity contribution in [3.8, 4) is 11.5 Å². The number of rotatable bonds is 6. The van der Waals surface area contributed by atoms with Gasteiger partial charge in [0.05, 0.1) is 0 Å². The second-order valence-electron chi connectivity index (χ2n) is 5.49. The molecule has 0 N–H and O–H groups in total. The first-order chi connectivity index (χ1) is 12.7. The Hall–Kier alpha value is -2.72. The van der Waals surface area contributed by atoms with E-state index in [1.54, 1.807) is 18.2 Å². The SMILES string of the molecule is O=C(c1ccc(Oc2ccccc2)cc1)C(F)(F)C(F)(F)C(F)(F)C(F)(F)F. The normalized spacial score (nSPS) is 13.3. The number of benzene rings is 2. The molecule has 0 heterocycles. The van der Waals surface area contributed by atoms with E-state index in [-0.39, 0.29) is 5.75 Å². The fraction of sp³-hybridized carbons (Fsp3) is 0.235. The first-order valence-corrected chi connectivity index (χ1v) is 7.30. The third-order valence-corrected chi connectivity index (χ3v) is 3.53. The van der Waals surface area contributed by atoms with Crippen molar-refractivity contribution >= 4 is 5.78 Å². The summed E-state index contributed by atoms with van der Waals surface area (Å²) in [6.07, 6.45) is -6.99. The lowest BCUT2D eigenvalue weighted by molar-refractivity contribution is -0.386. The van der Waals surface area contributed by atoms with Gasteiger partial charge < -0.3 is 4.74 Å². The zero-order valence-corrected chi connectivity index (χ0v) is 13.4. The molecular formula is C17H9F9O2. The Morgan fingerprint density at radius 1 is 0.643 bits per heavy atom. The van der Waals surface area contributed by atoms with E-state index in [9.17, 15) is 44.3 Å². The molecule has 0 bridgehead atoms. The van der Waals surface area contributed by atoms with Crippen molar-refractivity contribution in [2.45, 2.75) is 23.9 Å². The minimum absolute atomic E-state index is 0.0292. The summed E-state index contributed by atoms with van der Waals surface area (Å²) >= 11 is 0. The Morgan fingerprint density at radius 3 is 1.57 bits per heavy atom. The lowest BCUT2D eigenvalue weighted by atomic mass is 9.96. The highest BCUT2D eigenvalue weighted by atomic mass is 19.4. The van der Waals surface area contributed by atoms with Crippen LogP contribution in [0.4, 0.5) is 39.5 Å². The van der Waals surface area contributed by atoms with Crippen LogP contribution in [0.3, 0.4) is 0 Å². The van der Waals surface area contributed by atoms with Gasteiger partial charge in [0.1, 0.15) is 11.5 Å². The van der Waals surface area contributed by atoms with Crippen LogP contribution in [0, 0.1) is 0 Å². The van der Waals surface area contributed by atoms with Gasteiger partial charge >= 0.3 is 23.9 Å². The first-order valence-electron chi connectivity index (χ1n) is 7.30. The van der Waals surface area contributed by atoms with Crippen molar-refractivity contribution in [3.05, 3.63) is 60.2 Å². The van der Waals surface area contributed by atoms with Gasteiger partial charge in [0.25, 0.3) is 0 Å². The number of carbonyl (C=O) groups excluding carboxylic acids is 1. The van der Waals surface area contributed by atoms with E-state index in [4.69, 9.17) is 4.74 Å². The van der Waals surface area contributed by atoms with Crippen LogP contribution >= 0.6 is 0 Å². The van der Waals surface area contributed by atoms with Crippen molar-refractivity contribution < 1.29 is 49.0 Å². The van der Waals surface area contributed by atoms with E-state index >= 15 is 0 Å². The van der Waals surface area contributed by atoms with Crippen molar-refractivity contribution in [1.29, 1.82) is 0 Å². The van der Waals surface area contributed by atoms with E-state index in [1.807, 2.05) is 0 Å². The van der Waals surface area contributed by atoms with Gasteiger partial charge in [-0.25, -0.2) is 0 Å². The molecule has 0 aromatic heterocycles. The van der Waals surface area contributed by atoms with Gasteiger partial charge in [-0.3, -0.25) is 4.79 Å². The van der Waals surface area contributed by atoms with Crippen molar-refractivity contribution in [1.82, 2.24) is 0 Å². The molecule has 0 aliphatic heterocycles. The van der Waals surface area contributed by atoms with Crippen molar-refractivity contribution in [2.24, 2.45) is 0 Å². The molecule has 2 aromatic carbocycles. The quantitative estimate of drug-likeness (QED) is 0.418. The molecule has 11 heteroatoms. The number of Topliss-reactive ketones (excluding diaryl/α,β-unsaturated/α-hetero) is 1. The molecule has 2 rings (SSSR count). The maximum atomic E-state index is 13.6. The fourth-order valence-corrected chi connectivity index (χ4v) is 2.00. The Labute approximate surface area is 151 Å². The molecule has 0 amide bonds. The molecular weight excluding hydrogens is 407 g/mol. The topological polar surface area (TPSA) is 26.3 Å². The third-order valence-electron chi connectivity index (χ3n) is 3.53. The van der Waals surface area contributed by atoms with E-state index in [0.29, 0.717) is 17.9 Å². The average Bonchev–Trinajstić information content (AvgIpc) is 2.61. The second-order valence-corrected chi connectivity index (χ2v) is 5.49. The van der Waals surface area contributed by atoms with Gasteiger partial charge in [0, 0.05) is 5.56 Å². The van der Waals surface area contributed by atoms with E-state index in [0.717, 1.165) is 12.1 Å². The molecule has 28 heavy (non-hydrogen) atoms. The summed E-state index contributed by atoms with van der Waals surface area (Å²) in [6.45, 7) is 0. The van der Waals surface area contributed by atoms with E-state index in [1.165, 1.54) is 12.1 Å². The Morgan fingerprint density at radius 2 is 1.11 bits per heavy atom. The van der Waals surface area contributed by atoms with E-state index in [2.05, 4.69) is 0 Å². The summed E-state index contributed by atoms with van der Waals surface area (Å²) < 4.78 is 121. The van der Waals surface area contributed by atoms with Crippen molar-refractivity contribution in [3.63, 3.8) is 0 Å². The molecule has 0 spiro atoms. The van der Waals surface area contributed by atoms with Gasteiger partial charge in [-0.15, -0.1) is 0 Å². The minimum Gasteiger partial charge on any atom is -0.457 e. The summed E-state index contributed by atoms with van der Waals surface area (Å²) in [7, 11) is 0. The maximum absolute atomic E-state index is 13.6. The molecule has 0 aliphatic rings. The highest BCUT2D eigenvalue weighted by Gasteiger charge is 2.83. The van der Waals surface area contributed by atoms with Crippen LogP contribution in [-0.2, 0) is 0 Å². The van der Waals surface area contributed by atoms with E-state index < -0.39 is 35.3 Å². The van der Waals surface area contributed by atoms with Crippen LogP contribution in [0.1, 0.15) is 10.4 Å². The van der Waals surface area contributed by atoms with Crippen LogP contribution in [-0.4, -0.2) is 29.7 Å². The Kier molecular flexibility index (Phi) is 5.41. The predicted molar refractivity (Wildman–Crippen MR) is 78.2 cm³/mol. The Balaban J connectivity index is 2.28. The molecule has 0 unspecified atom stereocenters. The summed E-state index contributed by atoms with van der Waals surface area (Å²) in [5, 5.41) is 0. The largest absolute Gasteiger partial charge is 0.460 e. The molecule has 0 saturated heterocycles. The van der Waals surface area contributed by atoms with Crippen molar-refractivity contribution in [2.75, 3.05) is 0 Å². The zero-order chi connectivity index (χ0) is 21.4. The highest BCUT2D eigenvalue weighted by Crippen LogP contribution is 2.53. The molecule has 0 fully saturated rings. The number of ether oxygens (including phenoxy) is 1. The number of para-hydroxylation sites is 1. The second kappa shape index (κ2) is 7.02. The van der Waals surface area contributed by atoms with Crippen LogP contribution in [0.5, 0.6) is 11.5 Å². The molecule has 0 aliphatic carbocycles. The number of carbonyl (C=O) groups is 1. The summed E-state index contributed by atoms with van der Waals surface area (Å²) in [4.78, 5) is 11.6. The molecule has 0 saturated carbocycles. The Bertz CT molecular complexity index is 828. The van der Waals surface area contributed by atoms with Gasteiger partial charge in [0.15, 0.2) is 0 Å². The van der Waals surface area contributed by atoms with Gasteiger partial charge in [-0.05, 0) is 36.4 Å². The minimum atomic E-state index is -7.13. The standard InChI is InChI=1S/C17H9F9O2/c18-14(19,15(20,21)16(22,23)17(24,25)26)13(27)10-6-8-12(9-7-10)28-11-4-2-1-3-5-11/h1-9H. The smallest absolute Gasteiger partial charge is 0.457 e. The molecule has 0 radical (unpaired) electrons. The van der Waals surface area contributed by atoms with Crippen LogP contribution in [0.15, 0.2) is 54.6 Å². The molecule has 152 valence electrons. The van der Waals surface area contributed by atoms with Gasteiger partial charge in [-0.2, -0.15) is 39.5 Å². The van der Waals surface area contributed by atoms with Gasteiger partial charge in [0.2, 0.25) is 5.78 Å². The predicted octanol–water partition coefficient (Wildman–Crippen LogP) is 6.13. The maximum Gasteiger partial charge on any atom is 0.460 e. The summed E-state index contributed by atoms with van der Waals surface area (Å²) in [5.41, 5.74) is -1.21. The number of halogens is 9. The molecule has 0 atom stereocenters. The summed E-state index contributed by atoms with van der Waals surface area (Å²) in [5.74, 6) is -23.1. The van der Waals surface area contributed by atoms with Crippen LogP contribution in [0.2, 0.25) is 0 Å².